The maximum Gasteiger partial charge on any atom is 0.126 e. The molecule has 90 valence electrons. The molecule has 0 aliphatic rings. The Kier molecular flexibility index (Phi) is 5.51. The van der Waals surface area contributed by atoms with Gasteiger partial charge in [-0.2, -0.15) is 0 Å². The standard InChI is InChI=1S/C10H13F2NO2S/c11-8-4-7(5-9(12)6-8)10(13-16-15)2-1-3-14/h4-6,10,14,16H,1-3H2,(H,13,15)/t10-/m0/s1. The predicted octanol–water partition coefficient (Wildman–Crippen LogP) is 1.23. The number of rotatable bonds is 6. The Balaban J connectivity index is 2.86. The summed E-state index contributed by atoms with van der Waals surface area (Å²) >= 11 is -0.309. The molecule has 0 aliphatic carbocycles. The molecule has 1 rings (SSSR count). The van der Waals surface area contributed by atoms with E-state index in [1.165, 1.54) is 12.1 Å². The molecule has 0 saturated carbocycles. The Bertz CT molecular complexity index is 342. The normalized spacial score (nSPS) is 12.7. The van der Waals surface area contributed by atoms with Gasteiger partial charge in [-0.3, -0.25) is 0 Å². The van der Waals surface area contributed by atoms with Gasteiger partial charge in [0.1, 0.15) is 11.6 Å². The zero-order chi connectivity index (χ0) is 12.0. The molecule has 16 heavy (non-hydrogen) atoms. The summed E-state index contributed by atoms with van der Waals surface area (Å²) in [6.07, 6.45) is 0.917. The number of aliphatic hydroxyl groups is 1. The molecule has 0 fully saturated rings. The Morgan fingerprint density at radius 2 is 1.94 bits per heavy atom. The number of nitrogens with one attached hydrogen (secondary N) is 1. The highest BCUT2D eigenvalue weighted by molar-refractivity contribution is 7.63. The van der Waals surface area contributed by atoms with E-state index in [9.17, 15) is 13.0 Å². The Morgan fingerprint density at radius 1 is 1.31 bits per heavy atom. The maximum atomic E-state index is 13.0. The van der Waals surface area contributed by atoms with E-state index >= 15 is 0 Å². The molecular weight excluding hydrogens is 236 g/mol. The van der Waals surface area contributed by atoms with E-state index in [0.29, 0.717) is 18.4 Å². The number of hydrogen-bond donors (Lipinski definition) is 3. The van der Waals surface area contributed by atoms with Crippen LogP contribution in [0, 0.1) is 11.6 Å². The van der Waals surface area contributed by atoms with Crippen molar-refractivity contribution in [3.63, 3.8) is 0 Å². The first-order valence-electron chi connectivity index (χ1n) is 4.82. The van der Waals surface area contributed by atoms with E-state index in [1.807, 2.05) is 0 Å². The number of benzene rings is 1. The lowest BCUT2D eigenvalue weighted by atomic mass is 10.0. The summed E-state index contributed by atoms with van der Waals surface area (Å²) in [5.41, 5.74) is 0.384. The summed E-state index contributed by atoms with van der Waals surface area (Å²) in [6.45, 7) is -0.0221. The number of halogens is 2. The smallest absolute Gasteiger partial charge is 0.126 e. The van der Waals surface area contributed by atoms with E-state index < -0.39 is 17.7 Å². The molecule has 6 heteroatoms. The van der Waals surface area contributed by atoms with Gasteiger partial charge in [0.2, 0.25) is 0 Å². The molecule has 0 radical (unpaired) electrons. The average Bonchev–Trinajstić information content (AvgIpc) is 2.22. The highest BCUT2D eigenvalue weighted by Gasteiger charge is 2.12. The van der Waals surface area contributed by atoms with Crippen molar-refractivity contribution < 1.29 is 18.1 Å². The van der Waals surface area contributed by atoms with E-state index in [4.69, 9.17) is 5.11 Å². The van der Waals surface area contributed by atoms with Crippen LogP contribution in [0.4, 0.5) is 8.78 Å². The fourth-order valence-corrected chi connectivity index (χ4v) is 1.85. The third-order valence-corrected chi connectivity index (χ3v) is 2.56. The lowest BCUT2D eigenvalue weighted by Gasteiger charge is -2.15. The maximum absolute atomic E-state index is 13.0. The minimum atomic E-state index is -0.673. The molecule has 0 bridgehead atoms. The quantitative estimate of drug-likeness (QED) is 0.664. The van der Waals surface area contributed by atoms with Crippen molar-refractivity contribution in [3.8, 4) is 0 Å². The molecule has 1 atom stereocenters. The summed E-state index contributed by atoms with van der Waals surface area (Å²) in [6, 6.07) is 2.71. The van der Waals surface area contributed by atoms with Crippen LogP contribution < -0.4 is 4.72 Å². The van der Waals surface area contributed by atoms with Crippen LogP contribution in [0.15, 0.2) is 18.2 Å². The number of aliphatic hydroxyl groups excluding tert-OH is 1. The van der Waals surface area contributed by atoms with Gasteiger partial charge in [0, 0.05) is 18.7 Å². The summed E-state index contributed by atoms with van der Waals surface area (Å²) < 4.78 is 38.9. The van der Waals surface area contributed by atoms with Crippen molar-refractivity contribution in [1.29, 1.82) is 0 Å². The summed E-state index contributed by atoms with van der Waals surface area (Å²) in [5, 5.41) is 8.68. The molecule has 0 spiro atoms. The van der Waals surface area contributed by atoms with Crippen molar-refractivity contribution in [2.24, 2.45) is 0 Å². The van der Waals surface area contributed by atoms with Gasteiger partial charge in [-0.05, 0) is 30.5 Å². The van der Waals surface area contributed by atoms with Crippen LogP contribution in [0.1, 0.15) is 24.4 Å². The molecule has 0 aromatic heterocycles. The fourth-order valence-electron chi connectivity index (χ4n) is 1.44. The second-order valence-electron chi connectivity index (χ2n) is 3.34. The Hall–Kier alpha value is -0.850. The average molecular weight is 249 g/mol. The van der Waals surface area contributed by atoms with Gasteiger partial charge < -0.3 is 5.11 Å². The van der Waals surface area contributed by atoms with Crippen LogP contribution >= 0.6 is 0 Å². The number of thiol groups is 1. The highest BCUT2D eigenvalue weighted by Crippen LogP contribution is 2.20. The van der Waals surface area contributed by atoms with Crippen LogP contribution in [0.2, 0.25) is 0 Å². The first kappa shape index (κ1) is 13.2. The Morgan fingerprint density at radius 3 is 2.44 bits per heavy atom. The molecule has 1 aromatic rings. The van der Waals surface area contributed by atoms with Crippen molar-refractivity contribution in [1.82, 2.24) is 4.72 Å². The van der Waals surface area contributed by atoms with Gasteiger partial charge in [-0.15, -0.1) is 0 Å². The minimum absolute atomic E-state index is 0.0221. The molecule has 0 saturated heterocycles. The van der Waals surface area contributed by atoms with E-state index in [0.717, 1.165) is 6.07 Å². The Labute approximate surface area is 96.1 Å². The molecule has 2 N–H and O–H groups in total. The van der Waals surface area contributed by atoms with E-state index in [-0.39, 0.29) is 18.5 Å². The van der Waals surface area contributed by atoms with Crippen LogP contribution in [0.25, 0.3) is 0 Å². The van der Waals surface area contributed by atoms with Gasteiger partial charge in [0.15, 0.2) is 0 Å². The molecule has 0 amide bonds. The summed E-state index contributed by atoms with van der Waals surface area (Å²) in [7, 11) is 0. The van der Waals surface area contributed by atoms with Gasteiger partial charge in [0.25, 0.3) is 0 Å². The fraction of sp³-hybridized carbons (Fsp3) is 0.400. The minimum Gasteiger partial charge on any atom is -0.396 e. The van der Waals surface area contributed by atoms with Crippen LogP contribution in [-0.4, -0.2) is 15.9 Å². The monoisotopic (exact) mass is 249 g/mol. The third-order valence-electron chi connectivity index (χ3n) is 2.15. The molecule has 0 unspecified atom stereocenters. The molecule has 1 aromatic carbocycles. The second kappa shape index (κ2) is 6.67. The topological polar surface area (TPSA) is 49.3 Å². The summed E-state index contributed by atoms with van der Waals surface area (Å²) in [4.78, 5) is 0. The SMILES string of the molecule is O=[SH]N[C@@H](CCCO)c1cc(F)cc(F)c1. The lowest BCUT2D eigenvalue weighted by molar-refractivity contribution is 0.278. The molecule has 0 aliphatic heterocycles. The van der Waals surface area contributed by atoms with Crippen molar-refractivity contribution in [3.05, 3.63) is 35.4 Å². The number of hydrogen-bond acceptors (Lipinski definition) is 2. The van der Waals surface area contributed by atoms with E-state index in [2.05, 4.69) is 4.72 Å². The van der Waals surface area contributed by atoms with Gasteiger partial charge in [-0.25, -0.2) is 17.7 Å². The third kappa shape index (κ3) is 3.96. The largest absolute Gasteiger partial charge is 0.396 e. The first-order chi connectivity index (χ1) is 7.67. The second-order valence-corrected chi connectivity index (χ2v) is 3.78. The van der Waals surface area contributed by atoms with Gasteiger partial charge in [0.05, 0.1) is 11.9 Å². The van der Waals surface area contributed by atoms with Crippen LogP contribution in [0.5, 0.6) is 0 Å². The predicted molar refractivity (Wildman–Crippen MR) is 58.1 cm³/mol. The highest BCUT2D eigenvalue weighted by atomic mass is 32.2. The molecule has 0 heterocycles. The molecule has 3 nitrogen and oxygen atoms in total. The zero-order valence-electron chi connectivity index (χ0n) is 8.49. The van der Waals surface area contributed by atoms with Crippen molar-refractivity contribution >= 4 is 11.9 Å². The lowest BCUT2D eigenvalue weighted by Crippen LogP contribution is -2.17. The first-order valence-corrected chi connectivity index (χ1v) is 5.63. The van der Waals surface area contributed by atoms with Crippen molar-refractivity contribution in [2.75, 3.05) is 6.61 Å². The molecular formula is C10H13F2NO2S. The van der Waals surface area contributed by atoms with Crippen LogP contribution in [-0.2, 0) is 11.9 Å². The zero-order valence-corrected chi connectivity index (χ0v) is 9.38. The van der Waals surface area contributed by atoms with Crippen molar-refractivity contribution in [2.45, 2.75) is 18.9 Å². The van der Waals surface area contributed by atoms with Gasteiger partial charge >= 0.3 is 0 Å². The van der Waals surface area contributed by atoms with E-state index in [1.54, 1.807) is 0 Å². The van der Waals surface area contributed by atoms with Gasteiger partial charge in [-0.1, -0.05) is 0 Å². The van der Waals surface area contributed by atoms with Crippen LogP contribution in [0.3, 0.4) is 0 Å². The summed E-state index contributed by atoms with van der Waals surface area (Å²) in [5.74, 6) is -1.35.